The number of benzene rings is 2. The lowest BCUT2D eigenvalue weighted by atomic mass is 10.2. The minimum atomic E-state index is -0.612. The Morgan fingerprint density at radius 3 is 1.46 bits per heavy atom. The number of carbonyl (C=O) groups excluding carboxylic acids is 2. The summed E-state index contributed by atoms with van der Waals surface area (Å²) in [5.41, 5.74) is 0.660. The van der Waals surface area contributed by atoms with E-state index in [1.54, 1.807) is 0 Å². The highest BCUT2D eigenvalue weighted by molar-refractivity contribution is 6.31. The van der Waals surface area contributed by atoms with Gasteiger partial charge in [0.05, 0.1) is 10.0 Å². The van der Waals surface area contributed by atoms with E-state index in [2.05, 4.69) is 0 Å². The van der Waals surface area contributed by atoms with Crippen LogP contribution < -0.4 is 9.80 Å². The van der Waals surface area contributed by atoms with Crippen molar-refractivity contribution in [3.8, 4) is 0 Å². The maximum atomic E-state index is 13.2. The molecule has 124 valence electrons. The molecule has 0 saturated carbocycles. The van der Waals surface area contributed by atoms with E-state index in [0.717, 1.165) is 12.1 Å². The van der Waals surface area contributed by atoms with Gasteiger partial charge in [0.2, 0.25) is 11.8 Å². The van der Waals surface area contributed by atoms with Gasteiger partial charge in [-0.3, -0.25) is 9.59 Å². The molecule has 8 heteroatoms. The van der Waals surface area contributed by atoms with Gasteiger partial charge in [-0.05, 0) is 36.4 Å². The minimum absolute atomic E-state index is 0.138. The Morgan fingerprint density at radius 1 is 0.750 bits per heavy atom. The molecular formula is C16H10Cl2F2N2O2. The Balaban J connectivity index is 1.86. The van der Waals surface area contributed by atoms with Gasteiger partial charge in [0.1, 0.15) is 24.7 Å². The highest BCUT2D eigenvalue weighted by Gasteiger charge is 2.32. The third kappa shape index (κ3) is 3.07. The molecule has 24 heavy (non-hydrogen) atoms. The maximum Gasteiger partial charge on any atom is 0.247 e. The zero-order chi connectivity index (χ0) is 17.4. The summed E-state index contributed by atoms with van der Waals surface area (Å²) in [4.78, 5) is 27.2. The summed E-state index contributed by atoms with van der Waals surface area (Å²) in [6, 6.07) is 7.57. The van der Waals surface area contributed by atoms with Gasteiger partial charge in [-0.15, -0.1) is 0 Å². The number of hydrogen-bond donors (Lipinski definition) is 0. The van der Waals surface area contributed by atoms with Crippen molar-refractivity contribution in [2.75, 3.05) is 22.9 Å². The number of hydrogen-bond acceptors (Lipinski definition) is 2. The normalized spacial score (nSPS) is 15.2. The molecule has 2 aromatic carbocycles. The fourth-order valence-corrected chi connectivity index (χ4v) is 2.74. The Kier molecular flexibility index (Phi) is 4.43. The summed E-state index contributed by atoms with van der Waals surface area (Å²) in [5, 5.41) is -0.277. The Morgan fingerprint density at radius 2 is 1.12 bits per heavy atom. The number of amides is 2. The van der Waals surface area contributed by atoms with E-state index in [4.69, 9.17) is 23.2 Å². The number of carbonyl (C=O) groups is 2. The molecule has 0 N–H and O–H groups in total. The number of halogens is 4. The van der Waals surface area contributed by atoms with Gasteiger partial charge in [0.15, 0.2) is 0 Å². The van der Waals surface area contributed by atoms with E-state index in [0.29, 0.717) is 11.4 Å². The van der Waals surface area contributed by atoms with E-state index in [-0.39, 0.29) is 34.9 Å². The van der Waals surface area contributed by atoms with Crippen LogP contribution in [-0.4, -0.2) is 24.9 Å². The molecule has 0 unspecified atom stereocenters. The smallest absolute Gasteiger partial charge is 0.247 e. The predicted molar refractivity (Wildman–Crippen MR) is 87.5 cm³/mol. The van der Waals surface area contributed by atoms with E-state index in [1.807, 2.05) is 0 Å². The third-order valence-electron chi connectivity index (χ3n) is 3.62. The summed E-state index contributed by atoms with van der Waals surface area (Å²) in [6.45, 7) is -0.481. The largest absolute Gasteiger partial charge is 0.301 e. The van der Waals surface area contributed by atoms with Gasteiger partial charge in [-0.2, -0.15) is 0 Å². The van der Waals surface area contributed by atoms with Crippen LogP contribution in [0.4, 0.5) is 20.2 Å². The van der Waals surface area contributed by atoms with Crippen molar-refractivity contribution in [3.05, 3.63) is 58.1 Å². The molecule has 1 fully saturated rings. The molecule has 0 atom stereocenters. The van der Waals surface area contributed by atoms with Crippen LogP contribution in [0.3, 0.4) is 0 Å². The Bertz CT molecular complexity index is 775. The molecule has 2 aromatic rings. The van der Waals surface area contributed by atoms with Crippen molar-refractivity contribution < 1.29 is 18.4 Å². The fourth-order valence-electron chi connectivity index (χ4n) is 2.39. The van der Waals surface area contributed by atoms with E-state index >= 15 is 0 Å². The third-order valence-corrected chi connectivity index (χ3v) is 4.20. The molecule has 0 bridgehead atoms. The molecule has 1 heterocycles. The standard InChI is InChI=1S/C16H10Cl2F2N2O2/c17-11-5-9(1-3-13(11)19)21-7-16(24)22(8-15(21)23)10-2-4-14(20)12(18)6-10/h1-6H,7-8H2. The van der Waals surface area contributed by atoms with Gasteiger partial charge in [-0.1, -0.05) is 23.2 Å². The zero-order valence-electron chi connectivity index (χ0n) is 12.1. The number of rotatable bonds is 2. The lowest BCUT2D eigenvalue weighted by Crippen LogP contribution is -2.54. The van der Waals surface area contributed by atoms with Crippen molar-refractivity contribution in [3.63, 3.8) is 0 Å². The number of nitrogens with zero attached hydrogens (tertiary/aromatic N) is 2. The van der Waals surface area contributed by atoms with E-state index in [9.17, 15) is 18.4 Å². The maximum absolute atomic E-state index is 13.2. The Hall–Kier alpha value is -2.18. The molecule has 0 aromatic heterocycles. The van der Waals surface area contributed by atoms with Crippen molar-refractivity contribution in [1.29, 1.82) is 0 Å². The lowest BCUT2D eigenvalue weighted by molar-refractivity contribution is -0.125. The molecule has 2 amide bonds. The fraction of sp³-hybridized carbons (Fsp3) is 0.125. The molecule has 3 rings (SSSR count). The SMILES string of the molecule is O=C1CN(c2ccc(F)c(Cl)c2)C(=O)CN1c1ccc(F)c(Cl)c1. The van der Waals surface area contributed by atoms with Gasteiger partial charge < -0.3 is 9.80 Å². The summed E-state index contributed by atoms with van der Waals surface area (Å²) in [6.07, 6.45) is 0. The van der Waals surface area contributed by atoms with Gasteiger partial charge in [0, 0.05) is 11.4 Å². The van der Waals surface area contributed by atoms with Gasteiger partial charge in [-0.25, -0.2) is 8.78 Å². The lowest BCUT2D eigenvalue weighted by Gasteiger charge is -2.34. The predicted octanol–water partition coefficient (Wildman–Crippen LogP) is 3.65. The molecule has 0 spiro atoms. The monoisotopic (exact) mass is 370 g/mol. The van der Waals surface area contributed by atoms with E-state index < -0.39 is 11.6 Å². The minimum Gasteiger partial charge on any atom is -0.301 e. The van der Waals surface area contributed by atoms with Crippen LogP contribution in [0.1, 0.15) is 0 Å². The average Bonchev–Trinajstić information content (AvgIpc) is 2.54. The van der Waals surface area contributed by atoms with Crippen LogP contribution in [0.15, 0.2) is 36.4 Å². The molecule has 1 aliphatic rings. The molecule has 0 radical (unpaired) electrons. The van der Waals surface area contributed by atoms with Crippen molar-refractivity contribution >= 4 is 46.4 Å². The number of piperazine rings is 1. The van der Waals surface area contributed by atoms with Crippen molar-refractivity contribution in [1.82, 2.24) is 0 Å². The van der Waals surface area contributed by atoms with E-state index in [1.165, 1.54) is 34.1 Å². The quantitative estimate of drug-likeness (QED) is 0.809. The first-order valence-corrected chi connectivity index (χ1v) is 7.63. The first kappa shape index (κ1) is 16.7. The highest BCUT2D eigenvalue weighted by atomic mass is 35.5. The second kappa shape index (κ2) is 6.37. The first-order valence-electron chi connectivity index (χ1n) is 6.87. The summed E-state index contributed by atoms with van der Waals surface area (Å²) < 4.78 is 26.5. The van der Waals surface area contributed by atoms with Gasteiger partial charge in [0.25, 0.3) is 0 Å². The molecular weight excluding hydrogens is 361 g/mol. The van der Waals surface area contributed by atoms with Gasteiger partial charge >= 0.3 is 0 Å². The molecule has 1 saturated heterocycles. The van der Waals surface area contributed by atoms with Crippen molar-refractivity contribution in [2.45, 2.75) is 0 Å². The van der Waals surface area contributed by atoms with Crippen LogP contribution in [0.5, 0.6) is 0 Å². The summed E-state index contributed by atoms with van der Waals surface area (Å²) in [7, 11) is 0. The summed E-state index contributed by atoms with van der Waals surface area (Å²) >= 11 is 11.4. The molecule has 4 nitrogen and oxygen atoms in total. The van der Waals surface area contributed by atoms with Crippen LogP contribution in [0, 0.1) is 11.6 Å². The van der Waals surface area contributed by atoms with Crippen LogP contribution in [0.25, 0.3) is 0 Å². The second-order valence-corrected chi connectivity index (χ2v) is 5.97. The zero-order valence-corrected chi connectivity index (χ0v) is 13.6. The average molecular weight is 371 g/mol. The Labute approximate surface area is 146 Å². The highest BCUT2D eigenvalue weighted by Crippen LogP contribution is 2.27. The molecule has 1 aliphatic heterocycles. The van der Waals surface area contributed by atoms with Crippen LogP contribution >= 0.6 is 23.2 Å². The molecule has 0 aliphatic carbocycles. The topological polar surface area (TPSA) is 40.6 Å². The number of anilines is 2. The summed E-state index contributed by atoms with van der Waals surface area (Å²) in [5.74, 6) is -1.98. The first-order chi connectivity index (χ1) is 11.4. The second-order valence-electron chi connectivity index (χ2n) is 5.16. The van der Waals surface area contributed by atoms with Crippen LogP contribution in [0.2, 0.25) is 10.0 Å². The van der Waals surface area contributed by atoms with Crippen LogP contribution in [-0.2, 0) is 9.59 Å². The van der Waals surface area contributed by atoms with Crippen molar-refractivity contribution in [2.24, 2.45) is 0 Å².